The van der Waals surface area contributed by atoms with Crippen LogP contribution in [0.4, 0.5) is 0 Å². The third kappa shape index (κ3) is 2.21. The van der Waals surface area contributed by atoms with Crippen molar-refractivity contribution >= 4 is 0 Å². The summed E-state index contributed by atoms with van der Waals surface area (Å²) in [5.74, 6) is 1.75. The number of rotatable bonds is 4. The Morgan fingerprint density at radius 3 is 2.81 bits per heavy atom. The lowest BCUT2D eigenvalue weighted by Crippen LogP contribution is -2.05. The second kappa shape index (κ2) is 4.79. The van der Waals surface area contributed by atoms with Crippen LogP contribution in [0.2, 0.25) is 0 Å². The Labute approximate surface area is 94.9 Å². The molecule has 1 heterocycles. The van der Waals surface area contributed by atoms with Crippen molar-refractivity contribution in [3.8, 4) is 5.75 Å². The second-order valence-electron chi connectivity index (χ2n) is 3.55. The Balaban J connectivity index is 2.07. The zero-order valence-electron chi connectivity index (χ0n) is 9.55. The highest BCUT2D eigenvalue weighted by Crippen LogP contribution is 2.19. The predicted octanol–water partition coefficient (Wildman–Crippen LogP) is 1.96. The fourth-order valence-corrected chi connectivity index (χ4v) is 1.53. The van der Waals surface area contributed by atoms with E-state index >= 15 is 0 Å². The average molecular weight is 217 g/mol. The van der Waals surface area contributed by atoms with Gasteiger partial charge in [0.1, 0.15) is 18.7 Å². The lowest BCUT2D eigenvalue weighted by Gasteiger charge is -2.09. The smallest absolute Gasteiger partial charge is 0.164 e. The molecule has 0 aliphatic carbocycles. The molecular formula is C12H15N3O. The van der Waals surface area contributed by atoms with Crippen LogP contribution in [0.5, 0.6) is 5.75 Å². The number of benzene rings is 1. The van der Waals surface area contributed by atoms with E-state index in [4.69, 9.17) is 4.74 Å². The average Bonchev–Trinajstić information content (AvgIpc) is 2.72. The lowest BCUT2D eigenvalue weighted by molar-refractivity contribution is 0.287. The highest BCUT2D eigenvalue weighted by molar-refractivity contribution is 5.33. The number of hydrogen-bond acceptors (Lipinski definition) is 3. The molecule has 0 radical (unpaired) electrons. The third-order valence-electron chi connectivity index (χ3n) is 2.52. The Kier molecular flexibility index (Phi) is 3.19. The number of para-hydroxylation sites is 1. The summed E-state index contributed by atoms with van der Waals surface area (Å²) in [4.78, 5) is 4.11. The molecule has 84 valence electrons. The highest BCUT2D eigenvalue weighted by Gasteiger charge is 2.04. The lowest BCUT2D eigenvalue weighted by atomic mass is 10.1. The first-order chi connectivity index (χ1) is 7.81. The molecule has 4 nitrogen and oxygen atoms in total. The van der Waals surface area contributed by atoms with Crippen LogP contribution in [0.3, 0.4) is 0 Å². The molecule has 0 atom stereocenters. The van der Waals surface area contributed by atoms with Crippen molar-refractivity contribution in [3.05, 3.63) is 42.0 Å². The van der Waals surface area contributed by atoms with Gasteiger partial charge in [0.05, 0.1) is 0 Å². The molecule has 0 saturated carbocycles. The standard InChI is InChI=1S/C12H15N3O/c1-3-10-6-4-5-7-11(10)16-8-12-13-9-14-15(12)2/h4-7,9H,3,8H2,1-2H3. The zero-order chi connectivity index (χ0) is 11.4. The van der Waals surface area contributed by atoms with Crippen molar-refractivity contribution in [2.45, 2.75) is 20.0 Å². The quantitative estimate of drug-likeness (QED) is 0.786. The van der Waals surface area contributed by atoms with Gasteiger partial charge in [-0.25, -0.2) is 4.98 Å². The van der Waals surface area contributed by atoms with Crippen LogP contribution in [-0.2, 0) is 20.1 Å². The molecule has 0 fully saturated rings. The molecule has 2 rings (SSSR count). The number of hydrogen-bond donors (Lipinski definition) is 0. The number of aromatic nitrogens is 3. The summed E-state index contributed by atoms with van der Waals surface area (Å²) in [5, 5.41) is 4.00. The van der Waals surface area contributed by atoms with Gasteiger partial charge in [0, 0.05) is 7.05 Å². The van der Waals surface area contributed by atoms with Crippen molar-refractivity contribution in [2.75, 3.05) is 0 Å². The van der Waals surface area contributed by atoms with E-state index in [9.17, 15) is 0 Å². The largest absolute Gasteiger partial charge is 0.485 e. The number of nitrogens with zero attached hydrogens (tertiary/aromatic N) is 3. The van der Waals surface area contributed by atoms with E-state index in [-0.39, 0.29) is 0 Å². The van der Waals surface area contributed by atoms with Crippen LogP contribution in [0.1, 0.15) is 18.3 Å². The Morgan fingerprint density at radius 2 is 2.12 bits per heavy atom. The van der Waals surface area contributed by atoms with E-state index in [0.29, 0.717) is 6.61 Å². The Morgan fingerprint density at radius 1 is 1.31 bits per heavy atom. The molecule has 0 amide bonds. The first-order valence-electron chi connectivity index (χ1n) is 5.35. The Bertz CT molecular complexity index is 465. The molecule has 16 heavy (non-hydrogen) atoms. The minimum atomic E-state index is 0.452. The van der Waals surface area contributed by atoms with Gasteiger partial charge < -0.3 is 4.74 Å². The van der Waals surface area contributed by atoms with Crippen LogP contribution in [0, 0.1) is 0 Å². The maximum absolute atomic E-state index is 5.73. The fraction of sp³-hybridized carbons (Fsp3) is 0.333. The SMILES string of the molecule is CCc1ccccc1OCc1ncnn1C. The van der Waals surface area contributed by atoms with Gasteiger partial charge in [0.15, 0.2) is 5.82 Å². The molecule has 2 aromatic rings. The van der Waals surface area contributed by atoms with Gasteiger partial charge in [-0.2, -0.15) is 5.10 Å². The zero-order valence-corrected chi connectivity index (χ0v) is 9.55. The van der Waals surface area contributed by atoms with Gasteiger partial charge in [-0.3, -0.25) is 4.68 Å². The van der Waals surface area contributed by atoms with E-state index in [2.05, 4.69) is 23.1 Å². The number of ether oxygens (including phenoxy) is 1. The van der Waals surface area contributed by atoms with Crippen LogP contribution >= 0.6 is 0 Å². The van der Waals surface area contributed by atoms with Crippen LogP contribution in [-0.4, -0.2) is 14.8 Å². The molecule has 0 saturated heterocycles. The summed E-state index contributed by atoms with van der Waals surface area (Å²) in [7, 11) is 1.86. The maximum Gasteiger partial charge on any atom is 0.164 e. The Hall–Kier alpha value is -1.84. The first kappa shape index (κ1) is 10.7. The molecule has 0 aliphatic heterocycles. The van der Waals surface area contributed by atoms with Crippen molar-refractivity contribution in [1.82, 2.24) is 14.8 Å². The summed E-state index contributed by atoms with van der Waals surface area (Å²) in [6.07, 6.45) is 2.50. The van der Waals surface area contributed by atoms with E-state index in [1.54, 1.807) is 4.68 Å². The second-order valence-corrected chi connectivity index (χ2v) is 3.55. The van der Waals surface area contributed by atoms with Gasteiger partial charge >= 0.3 is 0 Å². The van der Waals surface area contributed by atoms with Crippen LogP contribution < -0.4 is 4.74 Å². The minimum absolute atomic E-state index is 0.452. The maximum atomic E-state index is 5.73. The third-order valence-corrected chi connectivity index (χ3v) is 2.52. The molecule has 1 aromatic carbocycles. The summed E-state index contributed by atoms with van der Waals surface area (Å²) in [6, 6.07) is 8.06. The van der Waals surface area contributed by atoms with E-state index < -0.39 is 0 Å². The van der Waals surface area contributed by atoms with Crippen molar-refractivity contribution in [2.24, 2.45) is 7.05 Å². The van der Waals surface area contributed by atoms with Crippen molar-refractivity contribution in [3.63, 3.8) is 0 Å². The van der Waals surface area contributed by atoms with Crippen molar-refractivity contribution < 1.29 is 4.74 Å². The molecular weight excluding hydrogens is 202 g/mol. The fourth-order valence-electron chi connectivity index (χ4n) is 1.53. The summed E-state index contributed by atoms with van der Waals surface area (Å²) in [6.45, 7) is 2.57. The van der Waals surface area contributed by atoms with Gasteiger partial charge in [-0.1, -0.05) is 25.1 Å². The van der Waals surface area contributed by atoms with Gasteiger partial charge in [-0.15, -0.1) is 0 Å². The molecule has 0 N–H and O–H groups in total. The van der Waals surface area contributed by atoms with E-state index in [1.165, 1.54) is 11.9 Å². The number of aryl methyl sites for hydroxylation is 2. The molecule has 1 aromatic heterocycles. The predicted molar refractivity (Wildman–Crippen MR) is 61.2 cm³/mol. The van der Waals surface area contributed by atoms with Gasteiger partial charge in [0.2, 0.25) is 0 Å². The molecule has 0 spiro atoms. The van der Waals surface area contributed by atoms with E-state index in [0.717, 1.165) is 18.0 Å². The molecule has 0 bridgehead atoms. The topological polar surface area (TPSA) is 39.9 Å². The molecule has 0 aliphatic rings. The monoisotopic (exact) mass is 217 g/mol. The van der Waals surface area contributed by atoms with Crippen LogP contribution in [0.15, 0.2) is 30.6 Å². The molecule has 4 heteroatoms. The normalized spacial score (nSPS) is 10.4. The van der Waals surface area contributed by atoms with Crippen molar-refractivity contribution in [1.29, 1.82) is 0 Å². The minimum Gasteiger partial charge on any atom is -0.485 e. The summed E-state index contributed by atoms with van der Waals surface area (Å²) < 4.78 is 7.45. The van der Waals surface area contributed by atoms with E-state index in [1.807, 2.05) is 25.2 Å². The molecule has 0 unspecified atom stereocenters. The first-order valence-corrected chi connectivity index (χ1v) is 5.35. The summed E-state index contributed by atoms with van der Waals surface area (Å²) >= 11 is 0. The van der Waals surface area contributed by atoms with Gasteiger partial charge in [0.25, 0.3) is 0 Å². The highest BCUT2D eigenvalue weighted by atomic mass is 16.5. The summed E-state index contributed by atoms with van der Waals surface area (Å²) in [5.41, 5.74) is 1.21. The van der Waals surface area contributed by atoms with Crippen LogP contribution in [0.25, 0.3) is 0 Å². The van der Waals surface area contributed by atoms with Gasteiger partial charge in [-0.05, 0) is 18.1 Å².